The van der Waals surface area contributed by atoms with E-state index >= 15 is 0 Å². The second-order valence-electron chi connectivity index (χ2n) is 6.72. The number of pyridine rings is 1. The molecule has 142 valence electrons. The van der Waals surface area contributed by atoms with Crippen molar-refractivity contribution >= 4 is 11.6 Å². The Morgan fingerprint density at radius 3 is 2.21 bits per heavy atom. The summed E-state index contributed by atoms with van der Waals surface area (Å²) in [6.45, 7) is 2.36. The van der Waals surface area contributed by atoms with Crippen LogP contribution in [0.1, 0.15) is 11.1 Å². The number of benzene rings is 2. The van der Waals surface area contributed by atoms with Gasteiger partial charge in [-0.25, -0.2) is 4.98 Å². The Kier molecular flexibility index (Phi) is 5.11. The highest BCUT2D eigenvalue weighted by Crippen LogP contribution is 2.37. The molecule has 6 heteroatoms. The van der Waals surface area contributed by atoms with Crippen LogP contribution in [-0.2, 0) is 4.74 Å². The zero-order valence-corrected chi connectivity index (χ0v) is 15.8. The van der Waals surface area contributed by atoms with E-state index in [4.69, 9.17) is 10.5 Å². The molecule has 4 rings (SSSR count). The average molecular weight is 381 g/mol. The van der Waals surface area contributed by atoms with E-state index in [2.05, 4.69) is 17.1 Å². The number of aromatic nitrogens is 1. The zero-order valence-electron chi connectivity index (χ0n) is 15.8. The third kappa shape index (κ3) is 3.50. The topological polar surface area (TPSA) is 99.0 Å². The molecule has 1 fully saturated rings. The molecule has 2 aromatic carbocycles. The van der Waals surface area contributed by atoms with Crippen molar-refractivity contribution in [3.05, 3.63) is 65.7 Å². The number of nitriles is 2. The molecule has 1 aliphatic heterocycles. The molecule has 2 N–H and O–H groups in total. The lowest BCUT2D eigenvalue weighted by atomic mass is 9.93. The first-order chi connectivity index (χ1) is 14.2. The van der Waals surface area contributed by atoms with Crippen molar-refractivity contribution in [1.29, 1.82) is 10.5 Å². The van der Waals surface area contributed by atoms with Crippen LogP contribution in [0.2, 0.25) is 0 Å². The molecular weight excluding hydrogens is 362 g/mol. The average Bonchev–Trinajstić information content (AvgIpc) is 2.79. The molecule has 0 amide bonds. The number of morpholine rings is 1. The van der Waals surface area contributed by atoms with Crippen molar-refractivity contribution in [3.63, 3.8) is 0 Å². The van der Waals surface area contributed by atoms with Crippen LogP contribution in [0.3, 0.4) is 0 Å². The number of nitrogens with zero attached hydrogens (tertiary/aromatic N) is 4. The molecule has 1 saturated heterocycles. The first-order valence-corrected chi connectivity index (χ1v) is 9.35. The maximum absolute atomic E-state index is 9.99. The van der Waals surface area contributed by atoms with Gasteiger partial charge in [0.15, 0.2) is 0 Å². The summed E-state index contributed by atoms with van der Waals surface area (Å²) < 4.78 is 5.41. The Hall–Kier alpha value is -3.87. The maximum atomic E-state index is 9.99. The molecule has 0 radical (unpaired) electrons. The monoisotopic (exact) mass is 381 g/mol. The Balaban J connectivity index is 1.92. The van der Waals surface area contributed by atoms with E-state index in [1.54, 1.807) is 0 Å². The third-order valence-corrected chi connectivity index (χ3v) is 5.00. The molecule has 6 nitrogen and oxygen atoms in total. The van der Waals surface area contributed by atoms with Crippen LogP contribution in [0, 0.1) is 22.7 Å². The van der Waals surface area contributed by atoms with Gasteiger partial charge in [-0.1, -0.05) is 48.5 Å². The molecule has 1 aromatic heterocycles. The molecule has 0 spiro atoms. The predicted octanol–water partition coefficient (Wildman–Crippen LogP) is 3.58. The van der Waals surface area contributed by atoms with Crippen LogP contribution < -0.4 is 10.6 Å². The summed E-state index contributed by atoms with van der Waals surface area (Å²) in [5.41, 5.74) is 10.1. The highest BCUT2D eigenvalue weighted by atomic mass is 16.5. The van der Waals surface area contributed by atoms with E-state index in [0.717, 1.165) is 16.7 Å². The maximum Gasteiger partial charge on any atom is 0.149 e. The van der Waals surface area contributed by atoms with Crippen molar-refractivity contribution in [2.75, 3.05) is 36.9 Å². The smallest absolute Gasteiger partial charge is 0.149 e. The van der Waals surface area contributed by atoms with Gasteiger partial charge in [-0.3, -0.25) is 0 Å². The lowest BCUT2D eigenvalue weighted by Crippen LogP contribution is -2.37. The van der Waals surface area contributed by atoms with E-state index in [0.29, 0.717) is 43.2 Å². The second kappa shape index (κ2) is 8.02. The van der Waals surface area contributed by atoms with Gasteiger partial charge in [0, 0.05) is 18.7 Å². The summed E-state index contributed by atoms with van der Waals surface area (Å²) in [6, 6.07) is 22.2. The fourth-order valence-corrected chi connectivity index (χ4v) is 3.59. The lowest BCUT2D eigenvalue weighted by Gasteiger charge is -2.29. The summed E-state index contributed by atoms with van der Waals surface area (Å²) in [5.74, 6) is 0.639. The number of hydrogen-bond donors (Lipinski definition) is 1. The zero-order chi connectivity index (χ0) is 20.2. The molecule has 2 heterocycles. The van der Waals surface area contributed by atoms with Gasteiger partial charge in [-0.15, -0.1) is 0 Å². The Morgan fingerprint density at radius 1 is 0.862 bits per heavy atom. The van der Waals surface area contributed by atoms with Gasteiger partial charge in [-0.2, -0.15) is 10.5 Å². The molecule has 29 heavy (non-hydrogen) atoms. The quantitative estimate of drug-likeness (QED) is 0.744. The van der Waals surface area contributed by atoms with Gasteiger partial charge < -0.3 is 15.4 Å². The third-order valence-electron chi connectivity index (χ3n) is 5.00. The molecule has 3 aromatic rings. The van der Waals surface area contributed by atoms with Gasteiger partial charge in [0.05, 0.1) is 13.2 Å². The predicted molar refractivity (Wildman–Crippen MR) is 112 cm³/mol. The number of ether oxygens (including phenoxy) is 1. The van der Waals surface area contributed by atoms with E-state index in [9.17, 15) is 10.5 Å². The summed E-state index contributed by atoms with van der Waals surface area (Å²) in [5, 5.41) is 19.7. The standard InChI is InChI=1S/C23H19N5O/c24-14-19-21(18-8-4-7-17(13-18)16-5-2-1-3-6-16)20(15-25)23(27-22(19)26)28-9-11-29-12-10-28/h1-8,13H,9-12H2,(H2,26,27). The lowest BCUT2D eigenvalue weighted by molar-refractivity contribution is 0.122. The minimum absolute atomic E-state index is 0.133. The van der Waals surface area contributed by atoms with E-state index in [1.807, 2.05) is 59.5 Å². The number of anilines is 2. The highest BCUT2D eigenvalue weighted by Gasteiger charge is 2.24. The van der Waals surface area contributed by atoms with Crippen LogP contribution in [0.5, 0.6) is 0 Å². The fraction of sp³-hybridized carbons (Fsp3) is 0.174. The summed E-state index contributed by atoms with van der Waals surface area (Å²) in [6.07, 6.45) is 0. The Bertz CT molecular complexity index is 1120. The SMILES string of the molecule is N#Cc1c(N)nc(N2CCOCC2)c(C#N)c1-c1cccc(-c2ccccc2)c1. The van der Waals surface area contributed by atoms with Gasteiger partial charge in [-0.05, 0) is 22.8 Å². The Morgan fingerprint density at radius 2 is 1.52 bits per heavy atom. The van der Waals surface area contributed by atoms with Crippen molar-refractivity contribution in [2.45, 2.75) is 0 Å². The molecule has 0 bridgehead atoms. The summed E-state index contributed by atoms with van der Waals surface area (Å²) in [4.78, 5) is 6.40. The molecule has 0 atom stereocenters. The Labute approximate surface area is 169 Å². The number of nitrogens with two attached hydrogens (primary N) is 1. The van der Waals surface area contributed by atoms with Crippen molar-refractivity contribution in [1.82, 2.24) is 4.98 Å². The second-order valence-corrected chi connectivity index (χ2v) is 6.72. The van der Waals surface area contributed by atoms with Gasteiger partial charge >= 0.3 is 0 Å². The van der Waals surface area contributed by atoms with Crippen LogP contribution >= 0.6 is 0 Å². The highest BCUT2D eigenvalue weighted by molar-refractivity contribution is 5.87. The molecular formula is C23H19N5O. The molecule has 1 aliphatic rings. The number of nitrogen functional groups attached to an aromatic ring is 1. The summed E-state index contributed by atoms with van der Waals surface area (Å²) in [7, 11) is 0. The van der Waals surface area contributed by atoms with Gasteiger partial charge in [0.1, 0.15) is 34.9 Å². The largest absolute Gasteiger partial charge is 0.383 e. The van der Waals surface area contributed by atoms with E-state index < -0.39 is 0 Å². The van der Waals surface area contributed by atoms with Gasteiger partial charge in [0.2, 0.25) is 0 Å². The molecule has 0 aliphatic carbocycles. The van der Waals surface area contributed by atoms with Crippen LogP contribution in [0.25, 0.3) is 22.3 Å². The van der Waals surface area contributed by atoms with Gasteiger partial charge in [0.25, 0.3) is 0 Å². The summed E-state index contributed by atoms with van der Waals surface area (Å²) >= 11 is 0. The number of hydrogen-bond acceptors (Lipinski definition) is 6. The fourth-order valence-electron chi connectivity index (χ4n) is 3.59. The minimum atomic E-state index is 0.133. The van der Waals surface area contributed by atoms with Crippen LogP contribution in [0.4, 0.5) is 11.6 Å². The number of rotatable bonds is 3. The minimum Gasteiger partial charge on any atom is -0.383 e. The van der Waals surface area contributed by atoms with Crippen molar-refractivity contribution in [2.24, 2.45) is 0 Å². The normalized spacial score (nSPS) is 13.5. The van der Waals surface area contributed by atoms with Crippen molar-refractivity contribution in [3.8, 4) is 34.4 Å². The van der Waals surface area contributed by atoms with Crippen molar-refractivity contribution < 1.29 is 4.74 Å². The molecule has 0 unspecified atom stereocenters. The van der Waals surface area contributed by atoms with Crippen LogP contribution in [0.15, 0.2) is 54.6 Å². The van der Waals surface area contributed by atoms with E-state index in [1.165, 1.54) is 0 Å². The molecule has 0 saturated carbocycles. The van der Waals surface area contributed by atoms with E-state index in [-0.39, 0.29) is 11.4 Å². The first kappa shape index (κ1) is 18.5. The first-order valence-electron chi connectivity index (χ1n) is 9.35. The van der Waals surface area contributed by atoms with Crippen LogP contribution in [-0.4, -0.2) is 31.3 Å².